The third-order valence-corrected chi connectivity index (χ3v) is 4.30. The van der Waals surface area contributed by atoms with Gasteiger partial charge in [0.05, 0.1) is 24.8 Å². The van der Waals surface area contributed by atoms with Crippen LogP contribution in [0.1, 0.15) is 12.5 Å². The Labute approximate surface area is 155 Å². The molecule has 9 nitrogen and oxygen atoms in total. The molecular weight excluding hydrogens is 381 g/mol. The molecule has 3 heterocycles. The van der Waals surface area contributed by atoms with Crippen molar-refractivity contribution in [3.63, 3.8) is 0 Å². The molecule has 0 aliphatic carbocycles. The molecule has 0 spiro atoms. The van der Waals surface area contributed by atoms with E-state index in [1.807, 2.05) is 0 Å². The predicted octanol–water partition coefficient (Wildman–Crippen LogP) is 2.92. The van der Waals surface area contributed by atoms with Crippen LogP contribution in [-0.2, 0) is 19.3 Å². The monoisotopic (exact) mass is 394 g/mol. The molecule has 1 aromatic carbocycles. The van der Waals surface area contributed by atoms with Gasteiger partial charge in [0, 0.05) is 10.5 Å². The second-order valence-electron chi connectivity index (χ2n) is 6.70. The Morgan fingerprint density at radius 3 is 2.61 bits per heavy atom. The normalized spacial score (nSPS) is 18.7. The van der Waals surface area contributed by atoms with Gasteiger partial charge in [-0.1, -0.05) is 17.3 Å². The van der Waals surface area contributed by atoms with Crippen LogP contribution in [0.25, 0.3) is 11.3 Å². The van der Waals surface area contributed by atoms with Gasteiger partial charge in [-0.05, 0) is 24.0 Å². The molecule has 1 unspecified atom stereocenters. The zero-order chi connectivity index (χ0) is 20.1. The van der Waals surface area contributed by atoms with Crippen molar-refractivity contribution < 1.29 is 22.8 Å². The highest BCUT2D eigenvalue weighted by Crippen LogP contribution is 2.33. The summed E-state index contributed by atoms with van der Waals surface area (Å²) in [4.78, 5) is 14.0. The second-order valence-corrected chi connectivity index (χ2v) is 6.70. The van der Waals surface area contributed by atoms with Crippen LogP contribution in [0.4, 0.5) is 19.0 Å². The third-order valence-electron chi connectivity index (χ3n) is 4.30. The van der Waals surface area contributed by atoms with Crippen molar-refractivity contribution in [2.24, 2.45) is 0 Å². The molecule has 3 aromatic rings. The van der Waals surface area contributed by atoms with Crippen molar-refractivity contribution in [1.82, 2.24) is 24.5 Å². The minimum absolute atomic E-state index is 0.150. The van der Waals surface area contributed by atoms with Crippen molar-refractivity contribution in [3.05, 3.63) is 52.3 Å². The molecule has 0 fully saturated rings. The quantitative estimate of drug-likeness (QED) is 0.498. The molecule has 0 bridgehead atoms. The van der Waals surface area contributed by atoms with E-state index in [0.29, 0.717) is 17.8 Å². The fourth-order valence-corrected chi connectivity index (χ4v) is 3.04. The lowest BCUT2D eigenvalue weighted by Crippen LogP contribution is -2.36. The average molecular weight is 394 g/mol. The van der Waals surface area contributed by atoms with Gasteiger partial charge in [0.1, 0.15) is 17.5 Å². The fraction of sp³-hybridized carbons (Fsp3) is 0.312. The largest absolute Gasteiger partial charge is 0.436 e. The Bertz CT molecular complexity index is 1020. The molecule has 1 aliphatic heterocycles. The van der Waals surface area contributed by atoms with E-state index >= 15 is 0 Å². The molecule has 0 N–H and O–H groups in total. The number of aromatic nitrogens is 5. The first-order valence-corrected chi connectivity index (χ1v) is 8.11. The number of ether oxygens (including phenoxy) is 1. The van der Waals surface area contributed by atoms with Crippen LogP contribution >= 0.6 is 0 Å². The van der Waals surface area contributed by atoms with Gasteiger partial charge in [0.25, 0.3) is 0 Å². The van der Waals surface area contributed by atoms with Crippen LogP contribution in [0.3, 0.4) is 0 Å². The number of fused-ring (bicyclic) bond motifs is 1. The number of hydrogen-bond donors (Lipinski definition) is 0. The van der Waals surface area contributed by atoms with Crippen LogP contribution < -0.4 is 4.74 Å². The summed E-state index contributed by atoms with van der Waals surface area (Å²) in [7, 11) is 0. The zero-order valence-electron chi connectivity index (χ0n) is 14.4. The molecule has 0 amide bonds. The first kappa shape index (κ1) is 17.9. The van der Waals surface area contributed by atoms with Crippen LogP contribution in [0, 0.1) is 10.1 Å². The maximum atomic E-state index is 12.7. The minimum Gasteiger partial charge on any atom is -0.436 e. The maximum absolute atomic E-state index is 12.7. The van der Waals surface area contributed by atoms with E-state index in [9.17, 15) is 23.3 Å². The van der Waals surface area contributed by atoms with Gasteiger partial charge in [-0.25, -0.2) is 4.68 Å². The van der Waals surface area contributed by atoms with Gasteiger partial charge in [0.2, 0.25) is 0 Å². The minimum atomic E-state index is -4.40. The summed E-state index contributed by atoms with van der Waals surface area (Å²) in [6.07, 6.45) is -1.50. The molecule has 1 aliphatic rings. The molecule has 1 atom stereocenters. The van der Waals surface area contributed by atoms with Crippen molar-refractivity contribution in [1.29, 1.82) is 0 Å². The van der Waals surface area contributed by atoms with Gasteiger partial charge in [-0.3, -0.25) is 4.57 Å². The summed E-state index contributed by atoms with van der Waals surface area (Å²) in [6.45, 7) is 2.41. The van der Waals surface area contributed by atoms with E-state index < -0.39 is 22.3 Å². The van der Waals surface area contributed by atoms with Crippen LogP contribution in [-0.4, -0.2) is 35.1 Å². The highest BCUT2D eigenvalue weighted by molar-refractivity contribution is 5.58. The second kappa shape index (κ2) is 6.04. The highest BCUT2D eigenvalue weighted by Gasteiger charge is 2.41. The highest BCUT2D eigenvalue weighted by atomic mass is 19.4. The maximum Gasteiger partial charge on any atom is 0.416 e. The summed E-state index contributed by atoms with van der Waals surface area (Å²) < 4.78 is 46.8. The zero-order valence-corrected chi connectivity index (χ0v) is 14.4. The lowest BCUT2D eigenvalue weighted by atomic mass is 10.1. The first-order valence-electron chi connectivity index (χ1n) is 8.11. The number of nitrogens with zero attached hydrogens (tertiary/aromatic N) is 6. The fourth-order valence-electron chi connectivity index (χ4n) is 3.04. The topological polar surface area (TPSA) is 101 Å². The molecule has 0 radical (unpaired) electrons. The lowest BCUT2D eigenvalue weighted by molar-refractivity contribution is -0.389. The molecule has 146 valence electrons. The van der Waals surface area contributed by atoms with Crippen molar-refractivity contribution in [3.8, 4) is 17.3 Å². The molecular formula is C16H13F3N6O3. The Morgan fingerprint density at radius 2 is 2.00 bits per heavy atom. The van der Waals surface area contributed by atoms with Crippen molar-refractivity contribution in [2.45, 2.75) is 31.8 Å². The Morgan fingerprint density at radius 1 is 1.29 bits per heavy atom. The number of nitro groups is 1. The first-order chi connectivity index (χ1) is 13.1. The Kier molecular flexibility index (Phi) is 3.87. The van der Waals surface area contributed by atoms with Gasteiger partial charge < -0.3 is 14.9 Å². The number of alkyl halides is 3. The van der Waals surface area contributed by atoms with Crippen LogP contribution in [0.15, 0.2) is 36.7 Å². The van der Waals surface area contributed by atoms with Gasteiger partial charge in [-0.2, -0.15) is 13.2 Å². The van der Waals surface area contributed by atoms with Gasteiger partial charge in [-0.15, -0.1) is 5.10 Å². The van der Waals surface area contributed by atoms with E-state index in [1.165, 1.54) is 23.0 Å². The summed E-state index contributed by atoms with van der Waals surface area (Å²) in [6, 6.07) is 4.79. The molecule has 28 heavy (non-hydrogen) atoms. The third kappa shape index (κ3) is 3.28. The van der Waals surface area contributed by atoms with Crippen LogP contribution in [0.2, 0.25) is 0 Å². The Balaban J connectivity index is 1.48. The average Bonchev–Trinajstić information content (AvgIpc) is 3.28. The summed E-state index contributed by atoms with van der Waals surface area (Å²) >= 11 is 0. The van der Waals surface area contributed by atoms with E-state index in [1.54, 1.807) is 17.7 Å². The number of imidazole rings is 1. The number of rotatable bonds is 4. The van der Waals surface area contributed by atoms with E-state index in [-0.39, 0.29) is 18.4 Å². The molecule has 12 heteroatoms. The van der Waals surface area contributed by atoms with Crippen molar-refractivity contribution >= 4 is 5.82 Å². The van der Waals surface area contributed by atoms with E-state index in [2.05, 4.69) is 15.3 Å². The van der Waals surface area contributed by atoms with Gasteiger partial charge >= 0.3 is 18.0 Å². The molecule has 2 aromatic heterocycles. The van der Waals surface area contributed by atoms with E-state index in [4.69, 9.17) is 4.74 Å². The number of halogens is 3. The van der Waals surface area contributed by atoms with Crippen LogP contribution in [0.5, 0.6) is 6.01 Å². The number of hydrogen-bond acceptors (Lipinski definition) is 6. The summed E-state index contributed by atoms with van der Waals surface area (Å²) in [5, 5.41) is 18.7. The predicted molar refractivity (Wildman–Crippen MR) is 88.4 cm³/mol. The van der Waals surface area contributed by atoms with Crippen molar-refractivity contribution in [2.75, 3.05) is 0 Å². The smallest absolute Gasteiger partial charge is 0.416 e. The molecule has 0 saturated carbocycles. The summed E-state index contributed by atoms with van der Waals surface area (Å²) in [5.74, 6) is -0.289. The molecule has 0 saturated heterocycles. The van der Waals surface area contributed by atoms with E-state index in [0.717, 1.165) is 12.1 Å². The lowest BCUT2D eigenvalue weighted by Gasteiger charge is -2.21. The van der Waals surface area contributed by atoms with Gasteiger partial charge in [0.15, 0.2) is 0 Å². The molecule has 4 rings (SSSR count). The SMILES string of the molecule is CC1(Cn2cc(-c3ccc(C(F)(F)F)cc3)nn2)Cn2cc([N+](=O)[O-])nc2O1. The number of benzene rings is 1. The Hall–Kier alpha value is -3.44. The summed E-state index contributed by atoms with van der Waals surface area (Å²) in [5.41, 5.74) is -0.564. The standard InChI is InChI=1S/C16H13F3N6O3/c1-15(8-23-7-13(25(26)27)20-14(23)28-15)9-24-6-12(21-22-24)10-2-4-11(5-3-10)16(17,18)19/h2-7H,8-9H2,1H3.